The van der Waals surface area contributed by atoms with Crippen LogP contribution in [0.15, 0.2) is 255 Å². The van der Waals surface area contributed by atoms with Crippen LogP contribution in [0.1, 0.15) is 0 Å². The van der Waals surface area contributed by atoms with Gasteiger partial charge in [-0.2, -0.15) is 0 Å². The van der Waals surface area contributed by atoms with E-state index in [-0.39, 0.29) is 0 Å². The second kappa shape index (κ2) is 16.1. The maximum Gasteiger partial charge on any atom is 0.0561 e. The summed E-state index contributed by atoms with van der Waals surface area (Å²) in [5, 5.41) is 2.44. The predicted octanol–water partition coefficient (Wildman–Crippen LogP) is 16.6. The van der Waals surface area contributed by atoms with Gasteiger partial charge in [-0.25, -0.2) is 0 Å². The highest BCUT2D eigenvalue weighted by Gasteiger charge is 2.20. The fraction of sp³-hybridized carbons (Fsp3) is 0. The van der Waals surface area contributed by atoms with E-state index >= 15 is 0 Å². The van der Waals surface area contributed by atoms with Crippen molar-refractivity contribution in [3.63, 3.8) is 0 Å². The third-order valence-corrected chi connectivity index (χ3v) is 12.0. The van der Waals surface area contributed by atoms with Crippen molar-refractivity contribution in [3.8, 4) is 61.3 Å². The van der Waals surface area contributed by atoms with Crippen LogP contribution < -0.4 is 4.90 Å². The molecule has 0 saturated carbocycles. The maximum absolute atomic E-state index is 2.43. The molecule has 11 rings (SSSR count). The zero-order valence-electron chi connectivity index (χ0n) is 34.1. The average molecular weight is 791 g/mol. The Kier molecular flexibility index (Phi) is 9.57. The van der Waals surface area contributed by atoms with Crippen molar-refractivity contribution in [1.82, 2.24) is 4.57 Å². The number of hydrogen-bond donors (Lipinski definition) is 0. The standard InChI is InChI=1S/C60H42N2/c1-5-18-43(19-6-1)44-32-34-47(35-33-44)55-38-36-51(41-58(55)46-22-9-3-10-23-46)61(49-25-11-4-12-26-49)52-37-39-57-56-30-15-16-31-59(56)62(60(57)42-52)50-27-17-24-48(40-50)54-29-14-13-28-53(54)45-20-7-2-8-21-45/h1-42H. The van der Waals surface area contributed by atoms with Gasteiger partial charge in [-0.3, -0.25) is 0 Å². The lowest BCUT2D eigenvalue weighted by Gasteiger charge is -2.27. The lowest BCUT2D eigenvalue weighted by molar-refractivity contribution is 1.18. The molecule has 0 aliphatic heterocycles. The zero-order valence-corrected chi connectivity index (χ0v) is 34.1. The molecule has 0 radical (unpaired) electrons. The second-order valence-corrected chi connectivity index (χ2v) is 15.7. The number of hydrogen-bond acceptors (Lipinski definition) is 1. The fourth-order valence-electron chi connectivity index (χ4n) is 9.07. The van der Waals surface area contributed by atoms with Crippen LogP contribution in [0.25, 0.3) is 83.1 Å². The predicted molar refractivity (Wildman–Crippen MR) is 263 cm³/mol. The third-order valence-electron chi connectivity index (χ3n) is 12.0. The summed E-state index contributed by atoms with van der Waals surface area (Å²) in [6.45, 7) is 0. The molecule has 1 aromatic heterocycles. The Morgan fingerprint density at radius 3 is 1.42 bits per heavy atom. The Morgan fingerprint density at radius 1 is 0.242 bits per heavy atom. The molecule has 2 heteroatoms. The Morgan fingerprint density at radius 2 is 0.710 bits per heavy atom. The van der Waals surface area contributed by atoms with Crippen LogP contribution in [0.2, 0.25) is 0 Å². The first-order valence-electron chi connectivity index (χ1n) is 21.3. The highest BCUT2D eigenvalue weighted by atomic mass is 15.1. The normalized spacial score (nSPS) is 11.2. The summed E-state index contributed by atoms with van der Waals surface area (Å²) < 4.78 is 2.43. The molecule has 2 nitrogen and oxygen atoms in total. The minimum atomic E-state index is 1.08. The summed E-state index contributed by atoms with van der Waals surface area (Å²) >= 11 is 0. The van der Waals surface area contributed by atoms with E-state index in [4.69, 9.17) is 0 Å². The summed E-state index contributed by atoms with van der Waals surface area (Å²) in [6.07, 6.45) is 0. The molecule has 0 bridgehead atoms. The smallest absolute Gasteiger partial charge is 0.0561 e. The monoisotopic (exact) mass is 790 g/mol. The minimum Gasteiger partial charge on any atom is -0.310 e. The van der Waals surface area contributed by atoms with Crippen molar-refractivity contribution in [2.75, 3.05) is 4.90 Å². The van der Waals surface area contributed by atoms with Gasteiger partial charge in [-0.05, 0) is 110 Å². The van der Waals surface area contributed by atoms with Gasteiger partial charge in [0.25, 0.3) is 0 Å². The Bertz CT molecular complexity index is 3310. The number of fused-ring (bicyclic) bond motifs is 3. The third kappa shape index (κ3) is 6.84. The van der Waals surface area contributed by atoms with E-state index in [1.165, 1.54) is 71.9 Å². The molecule has 11 aromatic rings. The van der Waals surface area contributed by atoms with Crippen molar-refractivity contribution in [2.45, 2.75) is 0 Å². The highest BCUT2D eigenvalue weighted by molar-refractivity contribution is 6.10. The lowest BCUT2D eigenvalue weighted by atomic mass is 9.92. The molecule has 10 aromatic carbocycles. The van der Waals surface area contributed by atoms with Gasteiger partial charge in [0, 0.05) is 33.5 Å². The largest absolute Gasteiger partial charge is 0.310 e. The molecule has 1 heterocycles. The van der Waals surface area contributed by atoms with Gasteiger partial charge >= 0.3 is 0 Å². The van der Waals surface area contributed by atoms with E-state index in [9.17, 15) is 0 Å². The zero-order chi connectivity index (χ0) is 41.2. The quantitative estimate of drug-likeness (QED) is 0.141. The molecule has 0 aliphatic carbocycles. The van der Waals surface area contributed by atoms with Crippen molar-refractivity contribution >= 4 is 38.9 Å². The van der Waals surface area contributed by atoms with Crippen molar-refractivity contribution < 1.29 is 0 Å². The molecule has 0 aliphatic rings. The van der Waals surface area contributed by atoms with E-state index in [0.29, 0.717) is 0 Å². The first kappa shape index (κ1) is 36.8. The Labute approximate surface area is 362 Å². The van der Waals surface area contributed by atoms with E-state index < -0.39 is 0 Å². The van der Waals surface area contributed by atoms with Gasteiger partial charge in [-0.15, -0.1) is 0 Å². The number of aromatic nitrogens is 1. The molecule has 0 saturated heterocycles. The number of para-hydroxylation sites is 2. The SMILES string of the molecule is c1ccc(-c2ccc(-c3ccc(N(c4ccccc4)c4ccc5c6ccccc6n(-c6cccc(-c7ccccc7-c7ccccc7)c6)c5c4)cc3-c3ccccc3)cc2)cc1. The van der Waals surface area contributed by atoms with E-state index in [2.05, 4.69) is 264 Å². The second-order valence-electron chi connectivity index (χ2n) is 15.7. The first-order chi connectivity index (χ1) is 30.8. The van der Waals surface area contributed by atoms with Crippen LogP contribution >= 0.6 is 0 Å². The molecule has 62 heavy (non-hydrogen) atoms. The molecule has 0 amide bonds. The van der Waals surface area contributed by atoms with Crippen LogP contribution in [-0.2, 0) is 0 Å². The molecule has 0 atom stereocenters. The maximum atomic E-state index is 2.43. The first-order valence-corrected chi connectivity index (χ1v) is 21.3. The van der Waals surface area contributed by atoms with Crippen LogP contribution in [0.3, 0.4) is 0 Å². The van der Waals surface area contributed by atoms with Crippen LogP contribution in [0.4, 0.5) is 17.1 Å². The molecule has 0 N–H and O–H groups in total. The van der Waals surface area contributed by atoms with Crippen molar-refractivity contribution in [1.29, 1.82) is 0 Å². The van der Waals surface area contributed by atoms with Gasteiger partial charge in [0.15, 0.2) is 0 Å². The molecular formula is C60H42N2. The Balaban J connectivity index is 1.07. The topological polar surface area (TPSA) is 8.17 Å². The van der Waals surface area contributed by atoms with Gasteiger partial charge < -0.3 is 9.47 Å². The molecule has 0 fully saturated rings. The molecule has 0 spiro atoms. The summed E-state index contributed by atoms with van der Waals surface area (Å²) in [4.78, 5) is 2.39. The number of anilines is 3. The average Bonchev–Trinajstić information content (AvgIpc) is 3.69. The van der Waals surface area contributed by atoms with E-state index in [1.54, 1.807) is 0 Å². The number of rotatable bonds is 9. The van der Waals surface area contributed by atoms with Gasteiger partial charge in [-0.1, -0.05) is 200 Å². The molecular weight excluding hydrogens is 749 g/mol. The summed E-state index contributed by atoms with van der Waals surface area (Å²) in [7, 11) is 0. The van der Waals surface area contributed by atoms with E-state index in [0.717, 1.165) is 28.3 Å². The Hall–Kier alpha value is -8.20. The fourth-order valence-corrected chi connectivity index (χ4v) is 9.07. The number of benzene rings is 10. The van der Waals surface area contributed by atoms with Crippen molar-refractivity contribution in [3.05, 3.63) is 255 Å². The van der Waals surface area contributed by atoms with E-state index in [1.807, 2.05) is 0 Å². The van der Waals surface area contributed by atoms with Gasteiger partial charge in [0.1, 0.15) is 0 Å². The summed E-state index contributed by atoms with van der Waals surface area (Å²) in [5.41, 5.74) is 18.7. The van der Waals surface area contributed by atoms with Crippen LogP contribution in [-0.4, -0.2) is 4.57 Å². The lowest BCUT2D eigenvalue weighted by Crippen LogP contribution is -2.10. The van der Waals surface area contributed by atoms with Crippen LogP contribution in [0, 0.1) is 0 Å². The minimum absolute atomic E-state index is 1.08. The summed E-state index contributed by atoms with van der Waals surface area (Å²) in [6, 6.07) is 92.1. The molecule has 0 unspecified atom stereocenters. The summed E-state index contributed by atoms with van der Waals surface area (Å²) in [5.74, 6) is 0. The molecule has 292 valence electrons. The highest BCUT2D eigenvalue weighted by Crippen LogP contribution is 2.43. The number of nitrogens with zero attached hydrogens (tertiary/aromatic N) is 2. The van der Waals surface area contributed by atoms with Gasteiger partial charge in [0.05, 0.1) is 11.0 Å². The van der Waals surface area contributed by atoms with Gasteiger partial charge in [0.2, 0.25) is 0 Å². The van der Waals surface area contributed by atoms with Crippen molar-refractivity contribution in [2.24, 2.45) is 0 Å². The van der Waals surface area contributed by atoms with Crippen LogP contribution in [0.5, 0.6) is 0 Å².